The highest BCUT2D eigenvalue weighted by Crippen LogP contribution is 2.24. The van der Waals surface area contributed by atoms with Crippen molar-refractivity contribution in [3.8, 4) is 11.4 Å². The Labute approximate surface area is 174 Å². The molecule has 0 saturated heterocycles. The summed E-state index contributed by atoms with van der Waals surface area (Å²) < 4.78 is 9.06. The van der Waals surface area contributed by atoms with Gasteiger partial charge >= 0.3 is 5.97 Å². The summed E-state index contributed by atoms with van der Waals surface area (Å²) in [6.07, 6.45) is 0. The lowest BCUT2D eigenvalue weighted by Crippen LogP contribution is -2.16. The molecule has 0 unspecified atom stereocenters. The van der Waals surface area contributed by atoms with Crippen LogP contribution in [0.4, 0.5) is 0 Å². The van der Waals surface area contributed by atoms with Crippen molar-refractivity contribution in [3.63, 3.8) is 0 Å². The first-order valence-corrected chi connectivity index (χ1v) is 10.3. The molecule has 0 radical (unpaired) electrons. The highest BCUT2D eigenvalue weighted by atomic mass is 32.2. The first-order valence-electron chi connectivity index (χ1n) is 9.35. The van der Waals surface area contributed by atoms with E-state index in [0.29, 0.717) is 17.3 Å². The lowest BCUT2D eigenvalue weighted by Gasteiger charge is -2.07. The van der Waals surface area contributed by atoms with Crippen molar-refractivity contribution < 1.29 is 14.3 Å². The van der Waals surface area contributed by atoms with Crippen molar-refractivity contribution in [2.45, 2.75) is 32.5 Å². The van der Waals surface area contributed by atoms with Crippen LogP contribution in [0.3, 0.4) is 0 Å². The van der Waals surface area contributed by atoms with Gasteiger partial charge in [0.2, 0.25) is 5.78 Å². The molecule has 0 fully saturated rings. The Kier molecular flexibility index (Phi) is 6.53. The molecule has 0 aliphatic rings. The molecule has 3 aromatic rings. The summed E-state index contributed by atoms with van der Waals surface area (Å²) in [5.74, 6) is 0.162. The Morgan fingerprint density at radius 3 is 2.48 bits per heavy atom. The van der Waals surface area contributed by atoms with Crippen molar-refractivity contribution in [3.05, 3.63) is 53.3 Å². The monoisotopic (exact) mass is 412 g/mol. The third-order valence-corrected chi connectivity index (χ3v) is 5.76. The van der Waals surface area contributed by atoms with Crippen LogP contribution in [0.1, 0.15) is 28.7 Å². The maximum Gasteiger partial charge on any atom is 0.316 e. The normalized spacial score (nSPS) is 10.9. The number of carbonyl (C=O) groups is 2. The fourth-order valence-electron chi connectivity index (χ4n) is 3.01. The number of carbonyl (C=O) groups excluding carboxylic acids is 2. The second-order valence-corrected chi connectivity index (χ2v) is 7.58. The highest BCUT2D eigenvalue weighted by molar-refractivity contribution is 7.99. The minimum Gasteiger partial charge on any atom is -0.457 e. The number of aryl methyl sites for hydroxylation is 1. The largest absolute Gasteiger partial charge is 0.457 e. The average Bonchev–Trinajstić information content (AvgIpc) is 3.27. The zero-order valence-corrected chi connectivity index (χ0v) is 17.8. The van der Waals surface area contributed by atoms with Crippen LogP contribution < -0.4 is 0 Å². The molecule has 0 saturated carbocycles. The molecule has 2 heterocycles. The topological polar surface area (TPSA) is 79.0 Å². The maximum absolute atomic E-state index is 12.3. The second kappa shape index (κ2) is 9.09. The van der Waals surface area contributed by atoms with E-state index in [9.17, 15) is 9.59 Å². The summed E-state index contributed by atoms with van der Waals surface area (Å²) in [5, 5.41) is 9.10. The number of ether oxygens (including phenoxy) is 1. The van der Waals surface area contributed by atoms with Crippen LogP contribution in [0, 0.1) is 13.8 Å². The van der Waals surface area contributed by atoms with E-state index in [2.05, 4.69) is 10.2 Å². The summed E-state index contributed by atoms with van der Waals surface area (Å²) in [4.78, 5) is 24.5. The van der Waals surface area contributed by atoms with Gasteiger partial charge in [0.15, 0.2) is 17.6 Å². The number of nitrogens with zero attached hydrogens (tertiary/aromatic N) is 4. The molecular weight excluding hydrogens is 388 g/mol. The summed E-state index contributed by atoms with van der Waals surface area (Å²) in [5.41, 5.74) is 3.40. The van der Waals surface area contributed by atoms with Gasteiger partial charge in [-0.2, -0.15) is 0 Å². The number of rotatable bonds is 8. The van der Waals surface area contributed by atoms with Gasteiger partial charge in [-0.3, -0.25) is 9.59 Å². The van der Waals surface area contributed by atoms with Crippen LogP contribution in [0.15, 0.2) is 41.6 Å². The molecule has 0 atom stereocenters. The van der Waals surface area contributed by atoms with E-state index in [0.717, 1.165) is 22.8 Å². The van der Waals surface area contributed by atoms with E-state index < -0.39 is 5.97 Å². The molecule has 7 nitrogen and oxygen atoms in total. The standard InChI is InChI=1S/C21H24N4O3S/c1-5-25-20(16-9-7-6-8-10-16)22-23-21(25)29-13-19(27)28-12-18(26)17-11-14(2)24(4)15(17)3/h6-11H,5,12-13H2,1-4H3. The zero-order chi connectivity index (χ0) is 21.0. The predicted octanol–water partition coefficient (Wildman–Crippen LogP) is 3.44. The van der Waals surface area contributed by atoms with Gasteiger partial charge in [-0.05, 0) is 26.8 Å². The maximum atomic E-state index is 12.3. The molecule has 3 rings (SSSR count). The van der Waals surface area contributed by atoms with E-state index in [-0.39, 0.29) is 18.1 Å². The molecule has 0 aliphatic heterocycles. The van der Waals surface area contributed by atoms with E-state index >= 15 is 0 Å². The van der Waals surface area contributed by atoms with Crippen molar-refractivity contribution in [1.29, 1.82) is 0 Å². The minimum atomic E-state index is -0.458. The molecule has 0 amide bonds. The van der Waals surface area contributed by atoms with Gasteiger partial charge in [-0.15, -0.1) is 10.2 Å². The fraction of sp³-hybridized carbons (Fsp3) is 0.333. The van der Waals surface area contributed by atoms with Gasteiger partial charge in [0.1, 0.15) is 0 Å². The van der Waals surface area contributed by atoms with E-state index in [1.165, 1.54) is 11.8 Å². The predicted molar refractivity (Wildman–Crippen MR) is 112 cm³/mol. The number of hydrogen-bond acceptors (Lipinski definition) is 6. The summed E-state index contributed by atoms with van der Waals surface area (Å²) in [6.45, 7) is 6.22. The first kappa shape index (κ1) is 20.9. The van der Waals surface area contributed by atoms with Gasteiger partial charge in [-0.25, -0.2) is 0 Å². The molecule has 29 heavy (non-hydrogen) atoms. The van der Waals surface area contributed by atoms with Gasteiger partial charge < -0.3 is 13.9 Å². The van der Waals surface area contributed by atoms with Crippen molar-refractivity contribution in [1.82, 2.24) is 19.3 Å². The summed E-state index contributed by atoms with van der Waals surface area (Å²) in [7, 11) is 1.90. The molecule has 0 spiro atoms. The third kappa shape index (κ3) is 4.59. The second-order valence-electron chi connectivity index (χ2n) is 6.63. The highest BCUT2D eigenvalue weighted by Gasteiger charge is 2.18. The first-order chi connectivity index (χ1) is 13.9. The van der Waals surface area contributed by atoms with E-state index in [1.807, 2.05) is 73.4 Å². The van der Waals surface area contributed by atoms with Crippen LogP contribution in [-0.2, 0) is 23.1 Å². The Morgan fingerprint density at radius 1 is 1.14 bits per heavy atom. The fourth-order valence-corrected chi connectivity index (χ4v) is 3.81. The zero-order valence-electron chi connectivity index (χ0n) is 17.0. The lowest BCUT2D eigenvalue weighted by molar-refractivity contribution is -0.139. The Morgan fingerprint density at radius 2 is 1.86 bits per heavy atom. The van der Waals surface area contributed by atoms with Crippen molar-refractivity contribution >= 4 is 23.5 Å². The van der Waals surface area contributed by atoms with Crippen molar-refractivity contribution in [2.24, 2.45) is 7.05 Å². The molecular formula is C21H24N4O3S. The minimum absolute atomic E-state index is 0.0625. The van der Waals surface area contributed by atoms with Gasteiger partial charge in [0, 0.05) is 36.1 Å². The lowest BCUT2D eigenvalue weighted by atomic mass is 10.1. The molecule has 0 N–H and O–H groups in total. The molecule has 0 bridgehead atoms. The quantitative estimate of drug-likeness (QED) is 0.320. The number of esters is 1. The Balaban J connectivity index is 1.58. The number of Topliss-reactive ketones (excluding diaryl/α,β-unsaturated/α-hetero) is 1. The molecule has 1 aromatic carbocycles. The number of hydrogen-bond donors (Lipinski definition) is 0. The molecule has 2 aromatic heterocycles. The van der Waals surface area contributed by atoms with Gasteiger partial charge in [0.05, 0.1) is 5.75 Å². The summed E-state index contributed by atoms with van der Waals surface area (Å²) >= 11 is 1.25. The SMILES string of the molecule is CCn1c(SCC(=O)OCC(=O)c2cc(C)n(C)c2C)nnc1-c1ccccc1. The molecule has 8 heteroatoms. The van der Waals surface area contributed by atoms with Crippen LogP contribution >= 0.6 is 11.8 Å². The van der Waals surface area contributed by atoms with Crippen LogP contribution in [-0.4, -0.2) is 43.4 Å². The Bertz CT molecular complexity index is 1020. The van der Waals surface area contributed by atoms with Crippen molar-refractivity contribution in [2.75, 3.05) is 12.4 Å². The number of thioether (sulfide) groups is 1. The van der Waals surface area contributed by atoms with Crippen LogP contribution in [0.25, 0.3) is 11.4 Å². The van der Waals surface area contributed by atoms with Crippen LogP contribution in [0.2, 0.25) is 0 Å². The number of ketones is 1. The molecule has 152 valence electrons. The summed E-state index contributed by atoms with van der Waals surface area (Å²) in [6, 6.07) is 11.6. The van der Waals surface area contributed by atoms with Crippen LogP contribution in [0.5, 0.6) is 0 Å². The number of benzene rings is 1. The van der Waals surface area contributed by atoms with Gasteiger partial charge in [0.25, 0.3) is 0 Å². The van der Waals surface area contributed by atoms with E-state index in [4.69, 9.17) is 4.74 Å². The molecule has 0 aliphatic carbocycles. The number of aromatic nitrogens is 4. The van der Waals surface area contributed by atoms with Gasteiger partial charge in [-0.1, -0.05) is 42.1 Å². The smallest absolute Gasteiger partial charge is 0.316 e. The van der Waals surface area contributed by atoms with E-state index in [1.54, 1.807) is 0 Å². The Hall–Kier alpha value is -2.87. The third-order valence-electron chi connectivity index (χ3n) is 4.82. The average molecular weight is 413 g/mol.